The molecule has 0 radical (unpaired) electrons. The quantitative estimate of drug-likeness (QED) is 0.750. The number of halogens is 1. The van der Waals surface area contributed by atoms with Gasteiger partial charge in [-0.2, -0.15) is 0 Å². The lowest BCUT2D eigenvalue weighted by Gasteiger charge is -2.34. The summed E-state index contributed by atoms with van der Waals surface area (Å²) in [5.41, 5.74) is 2.00. The molecule has 0 aliphatic carbocycles. The normalized spacial score (nSPS) is 16.7. The monoisotopic (exact) mass is 323 g/mol. The molecule has 2 rings (SSSR count). The van der Waals surface area contributed by atoms with Crippen molar-refractivity contribution in [1.82, 2.24) is 0 Å². The highest BCUT2D eigenvalue weighted by Crippen LogP contribution is 2.32. The molecule has 1 aliphatic rings. The van der Waals surface area contributed by atoms with Crippen molar-refractivity contribution < 1.29 is 4.79 Å². The number of hydrogen-bond donors (Lipinski definition) is 0. The highest BCUT2D eigenvalue weighted by atomic mass is 79.9. The molecule has 0 atom stereocenters. The van der Waals surface area contributed by atoms with E-state index in [1.54, 1.807) is 6.92 Å². The van der Waals surface area contributed by atoms with Gasteiger partial charge >= 0.3 is 0 Å². The van der Waals surface area contributed by atoms with Crippen LogP contribution in [0.15, 0.2) is 22.7 Å². The fourth-order valence-electron chi connectivity index (χ4n) is 2.85. The summed E-state index contributed by atoms with van der Waals surface area (Å²) < 4.78 is 1.04. The molecule has 2 nitrogen and oxygen atoms in total. The molecule has 1 aliphatic heterocycles. The molecular weight excluding hydrogens is 302 g/mol. The second-order valence-corrected chi connectivity index (χ2v) is 6.30. The van der Waals surface area contributed by atoms with Crippen LogP contribution in [0.2, 0.25) is 0 Å². The fourth-order valence-corrected chi connectivity index (χ4v) is 3.48. The Morgan fingerprint density at radius 3 is 2.58 bits per heavy atom. The minimum Gasteiger partial charge on any atom is -0.371 e. The third kappa shape index (κ3) is 3.59. The molecule has 104 valence electrons. The summed E-state index contributed by atoms with van der Waals surface area (Å²) in [6.07, 6.45) is 5.23. The maximum atomic E-state index is 11.4. The Morgan fingerprint density at radius 2 is 2.05 bits per heavy atom. The first-order valence-corrected chi connectivity index (χ1v) is 7.96. The summed E-state index contributed by atoms with van der Waals surface area (Å²) in [6.45, 7) is 6.13. The van der Waals surface area contributed by atoms with Crippen LogP contribution >= 0.6 is 15.9 Å². The lowest BCUT2D eigenvalue weighted by atomic mass is 9.92. The van der Waals surface area contributed by atoms with Crippen LogP contribution in [0.1, 0.15) is 49.9 Å². The second kappa shape index (κ2) is 6.56. The van der Waals surface area contributed by atoms with E-state index in [0.717, 1.165) is 29.0 Å². The second-order valence-electron chi connectivity index (χ2n) is 5.44. The molecule has 19 heavy (non-hydrogen) atoms. The minimum absolute atomic E-state index is 0.119. The average Bonchev–Trinajstić information content (AvgIpc) is 2.40. The highest BCUT2D eigenvalue weighted by Gasteiger charge is 2.20. The average molecular weight is 324 g/mol. The summed E-state index contributed by atoms with van der Waals surface area (Å²) in [4.78, 5) is 13.8. The van der Waals surface area contributed by atoms with Crippen molar-refractivity contribution in [3.8, 4) is 0 Å². The zero-order valence-electron chi connectivity index (χ0n) is 11.8. The van der Waals surface area contributed by atoms with Gasteiger partial charge in [-0.05, 0) is 59.8 Å². The molecule has 0 N–H and O–H groups in total. The van der Waals surface area contributed by atoms with Gasteiger partial charge < -0.3 is 4.90 Å². The Morgan fingerprint density at radius 1 is 1.37 bits per heavy atom. The van der Waals surface area contributed by atoms with Crippen molar-refractivity contribution in [3.05, 3.63) is 28.2 Å². The molecule has 0 amide bonds. The van der Waals surface area contributed by atoms with Gasteiger partial charge in [0.15, 0.2) is 5.78 Å². The molecule has 3 heteroatoms. The Bertz CT molecular complexity index is 450. The van der Waals surface area contributed by atoms with Gasteiger partial charge in [0.05, 0.1) is 5.69 Å². The summed E-state index contributed by atoms with van der Waals surface area (Å²) in [6, 6.07) is 5.94. The molecule has 1 fully saturated rings. The van der Waals surface area contributed by atoms with Crippen molar-refractivity contribution >= 4 is 27.4 Å². The summed E-state index contributed by atoms with van der Waals surface area (Å²) in [7, 11) is 0. The number of carbonyl (C=O) groups is 1. The maximum absolute atomic E-state index is 11.4. The van der Waals surface area contributed by atoms with Gasteiger partial charge in [0, 0.05) is 23.1 Å². The predicted molar refractivity (Wildman–Crippen MR) is 84.0 cm³/mol. The lowest BCUT2D eigenvalue weighted by molar-refractivity contribution is 0.101. The van der Waals surface area contributed by atoms with Crippen LogP contribution in [0.3, 0.4) is 0 Å². The number of hydrogen-bond acceptors (Lipinski definition) is 2. The van der Waals surface area contributed by atoms with Crippen LogP contribution < -0.4 is 4.90 Å². The van der Waals surface area contributed by atoms with Crippen LogP contribution in [0.25, 0.3) is 0 Å². The first-order chi connectivity index (χ1) is 9.11. The van der Waals surface area contributed by atoms with E-state index in [1.807, 2.05) is 12.1 Å². The molecule has 0 aromatic heterocycles. The molecule has 0 bridgehead atoms. The van der Waals surface area contributed by atoms with Crippen LogP contribution in [0.4, 0.5) is 5.69 Å². The topological polar surface area (TPSA) is 20.3 Å². The molecule has 0 spiro atoms. The van der Waals surface area contributed by atoms with Crippen LogP contribution in [-0.2, 0) is 0 Å². The smallest absolute Gasteiger partial charge is 0.159 e. The van der Waals surface area contributed by atoms with Crippen molar-refractivity contribution in [2.45, 2.75) is 39.5 Å². The van der Waals surface area contributed by atoms with E-state index in [2.05, 4.69) is 33.8 Å². The molecule has 0 saturated carbocycles. The van der Waals surface area contributed by atoms with E-state index in [-0.39, 0.29) is 5.78 Å². The van der Waals surface area contributed by atoms with Crippen molar-refractivity contribution in [1.29, 1.82) is 0 Å². The van der Waals surface area contributed by atoms with Gasteiger partial charge in [-0.3, -0.25) is 4.79 Å². The molecule has 1 saturated heterocycles. The standard InChI is InChI=1S/C16H22BrNO/c1-3-4-13-7-9-18(10-8-13)16-6-5-14(12(2)19)11-15(16)17/h5-6,11,13H,3-4,7-10H2,1-2H3. The van der Waals surface area contributed by atoms with E-state index in [4.69, 9.17) is 0 Å². The molecule has 1 aromatic carbocycles. The zero-order chi connectivity index (χ0) is 13.8. The molecule has 1 heterocycles. The number of nitrogens with zero attached hydrogens (tertiary/aromatic N) is 1. The van der Waals surface area contributed by atoms with E-state index < -0.39 is 0 Å². The van der Waals surface area contributed by atoms with Gasteiger partial charge in [0.1, 0.15) is 0 Å². The largest absolute Gasteiger partial charge is 0.371 e. The molecule has 1 aromatic rings. The molecular formula is C16H22BrNO. The summed E-state index contributed by atoms with van der Waals surface area (Å²) >= 11 is 3.60. The Labute approximate surface area is 124 Å². The third-order valence-corrected chi connectivity index (χ3v) is 4.64. The minimum atomic E-state index is 0.119. The number of benzene rings is 1. The Kier molecular flexibility index (Phi) is 5.03. The van der Waals surface area contributed by atoms with E-state index in [1.165, 1.54) is 31.4 Å². The predicted octanol–water partition coefficient (Wildman–Crippen LogP) is 4.67. The van der Waals surface area contributed by atoms with Gasteiger partial charge in [-0.1, -0.05) is 19.8 Å². The number of anilines is 1. The first-order valence-electron chi connectivity index (χ1n) is 7.17. The number of Topliss-reactive ketones (excluding diaryl/α,β-unsaturated/α-hetero) is 1. The van der Waals surface area contributed by atoms with Crippen molar-refractivity contribution in [3.63, 3.8) is 0 Å². The SMILES string of the molecule is CCCC1CCN(c2ccc(C(C)=O)cc2Br)CC1. The third-order valence-electron chi connectivity index (χ3n) is 4.01. The van der Waals surface area contributed by atoms with Gasteiger partial charge in [0.2, 0.25) is 0 Å². The Balaban J connectivity index is 2.05. The highest BCUT2D eigenvalue weighted by molar-refractivity contribution is 9.10. The van der Waals surface area contributed by atoms with Crippen molar-refractivity contribution in [2.75, 3.05) is 18.0 Å². The van der Waals surface area contributed by atoms with Gasteiger partial charge in [0.25, 0.3) is 0 Å². The van der Waals surface area contributed by atoms with E-state index >= 15 is 0 Å². The Hall–Kier alpha value is -0.830. The lowest BCUT2D eigenvalue weighted by Crippen LogP contribution is -2.33. The van der Waals surface area contributed by atoms with Gasteiger partial charge in [-0.25, -0.2) is 0 Å². The van der Waals surface area contributed by atoms with Crippen LogP contribution in [0.5, 0.6) is 0 Å². The van der Waals surface area contributed by atoms with Gasteiger partial charge in [-0.15, -0.1) is 0 Å². The zero-order valence-corrected chi connectivity index (χ0v) is 13.4. The summed E-state index contributed by atoms with van der Waals surface area (Å²) in [5.74, 6) is 1.02. The number of rotatable bonds is 4. The number of ketones is 1. The van der Waals surface area contributed by atoms with Crippen molar-refractivity contribution in [2.24, 2.45) is 5.92 Å². The first kappa shape index (κ1) is 14.6. The number of piperidine rings is 1. The molecule has 0 unspecified atom stereocenters. The van der Waals surface area contributed by atoms with Crippen LogP contribution in [-0.4, -0.2) is 18.9 Å². The van der Waals surface area contributed by atoms with Crippen LogP contribution in [0, 0.1) is 5.92 Å². The van der Waals surface area contributed by atoms with E-state index in [9.17, 15) is 4.79 Å². The number of carbonyl (C=O) groups excluding carboxylic acids is 1. The summed E-state index contributed by atoms with van der Waals surface area (Å²) in [5, 5.41) is 0. The van der Waals surface area contributed by atoms with E-state index in [0.29, 0.717) is 0 Å². The maximum Gasteiger partial charge on any atom is 0.159 e. The fraction of sp³-hybridized carbons (Fsp3) is 0.562.